The van der Waals surface area contributed by atoms with Crippen molar-refractivity contribution in [1.29, 1.82) is 0 Å². The smallest absolute Gasteiger partial charge is 0.114 e. The summed E-state index contributed by atoms with van der Waals surface area (Å²) in [4.78, 5) is 0. The molecule has 0 bridgehead atoms. The Balaban J connectivity index is 1.76. The Kier molecular flexibility index (Phi) is 3.40. The Hall–Kier alpha value is -0.320. The van der Waals surface area contributed by atoms with Crippen LogP contribution in [0.3, 0.4) is 0 Å². The van der Waals surface area contributed by atoms with Crippen molar-refractivity contribution in [1.82, 2.24) is 0 Å². The average Bonchev–Trinajstić information content (AvgIpc) is 2.75. The second-order valence-electron chi connectivity index (χ2n) is 2.36. The van der Waals surface area contributed by atoms with E-state index >= 15 is 0 Å². The van der Waals surface area contributed by atoms with Crippen molar-refractivity contribution >= 4 is 32.9 Å². The van der Waals surface area contributed by atoms with Crippen molar-refractivity contribution < 1.29 is 4.42 Å². The van der Waals surface area contributed by atoms with E-state index in [-0.39, 0.29) is 0 Å². The molecule has 0 N–H and O–H groups in total. The summed E-state index contributed by atoms with van der Waals surface area (Å²) in [5.41, 5.74) is 0. The van der Waals surface area contributed by atoms with Gasteiger partial charge in [-0.05, 0) is 34.4 Å². The molecule has 2 aromatic rings. The first-order valence-electron chi connectivity index (χ1n) is 3.80. The Bertz CT molecular complexity index is 291. The van der Waals surface area contributed by atoms with Gasteiger partial charge in [0.05, 0.1) is 16.2 Å². The fraction of sp³-hybridized carbons (Fsp3) is 0.111. The quantitative estimate of drug-likeness (QED) is 0.725. The lowest BCUT2D eigenvalue weighted by Gasteiger charge is -1.94. The highest BCUT2D eigenvalue weighted by Gasteiger charge is 1.98. The molecule has 2 rings (SSSR count). The normalized spacial score (nSPS) is 10.5. The van der Waals surface area contributed by atoms with E-state index in [9.17, 15) is 0 Å². The molecule has 0 aromatic carbocycles. The number of thiophene rings is 1. The molecule has 0 atom stereocenters. The molecule has 2 aromatic heterocycles. The highest BCUT2D eigenvalue weighted by Crippen LogP contribution is 2.36. The third-order valence-corrected chi connectivity index (χ3v) is 5.00. The maximum absolute atomic E-state index is 5.22. The zero-order chi connectivity index (χ0) is 8.93. The maximum atomic E-state index is 5.22. The third-order valence-electron chi connectivity index (χ3n) is 1.42. The largest absolute Gasteiger partial charge is 0.468 e. The van der Waals surface area contributed by atoms with Gasteiger partial charge in [-0.2, -0.15) is 0 Å². The minimum Gasteiger partial charge on any atom is -0.468 e. The molecule has 0 amide bonds. The van der Waals surface area contributed by atoms with Crippen molar-refractivity contribution in [3.05, 3.63) is 41.7 Å². The van der Waals surface area contributed by atoms with Gasteiger partial charge in [-0.25, -0.2) is 0 Å². The SMILES string of the molecule is c1coc(CSSc2cccs2)c1. The first-order chi connectivity index (χ1) is 6.45. The molecule has 0 aliphatic heterocycles. The summed E-state index contributed by atoms with van der Waals surface area (Å²) in [7, 11) is 3.60. The standard InChI is InChI=1S/C9H8OS3/c1-3-8(10-5-1)7-12-13-9-4-2-6-11-9/h1-6H,7H2. The van der Waals surface area contributed by atoms with E-state index in [0.717, 1.165) is 11.5 Å². The molecule has 0 fully saturated rings. The van der Waals surface area contributed by atoms with E-state index in [1.165, 1.54) is 4.21 Å². The van der Waals surface area contributed by atoms with E-state index in [0.29, 0.717) is 0 Å². The molecule has 0 aliphatic carbocycles. The minimum atomic E-state index is 0.926. The number of hydrogen-bond acceptors (Lipinski definition) is 4. The molecule has 0 aliphatic rings. The lowest BCUT2D eigenvalue weighted by atomic mass is 10.5. The van der Waals surface area contributed by atoms with E-state index in [1.807, 2.05) is 12.1 Å². The molecular weight excluding hydrogens is 220 g/mol. The van der Waals surface area contributed by atoms with Crippen molar-refractivity contribution in [3.8, 4) is 0 Å². The summed E-state index contributed by atoms with van der Waals surface area (Å²) in [5.74, 6) is 1.96. The van der Waals surface area contributed by atoms with Gasteiger partial charge in [0.25, 0.3) is 0 Å². The molecule has 0 spiro atoms. The zero-order valence-electron chi connectivity index (χ0n) is 6.80. The van der Waals surface area contributed by atoms with Gasteiger partial charge in [0, 0.05) is 0 Å². The maximum Gasteiger partial charge on any atom is 0.114 e. The topological polar surface area (TPSA) is 13.1 Å². The van der Waals surface area contributed by atoms with Crippen molar-refractivity contribution in [2.75, 3.05) is 0 Å². The fourth-order valence-electron chi connectivity index (χ4n) is 0.851. The number of hydrogen-bond donors (Lipinski definition) is 0. The van der Waals surface area contributed by atoms with Gasteiger partial charge in [0.15, 0.2) is 0 Å². The Morgan fingerprint density at radius 3 is 3.00 bits per heavy atom. The van der Waals surface area contributed by atoms with E-state index in [2.05, 4.69) is 17.5 Å². The van der Waals surface area contributed by atoms with Crippen LogP contribution >= 0.6 is 32.9 Å². The van der Waals surface area contributed by atoms with Crippen LogP contribution in [0.1, 0.15) is 5.76 Å². The molecule has 2 heterocycles. The van der Waals surface area contributed by atoms with Crippen LogP contribution in [0.5, 0.6) is 0 Å². The third kappa shape index (κ3) is 2.83. The lowest BCUT2D eigenvalue weighted by Crippen LogP contribution is -1.68. The highest BCUT2D eigenvalue weighted by atomic mass is 33.1. The van der Waals surface area contributed by atoms with Crippen LogP contribution in [0.2, 0.25) is 0 Å². The first-order valence-corrected chi connectivity index (χ1v) is 7.00. The Labute approximate surface area is 88.9 Å². The lowest BCUT2D eigenvalue weighted by molar-refractivity contribution is 0.530. The molecule has 0 unspecified atom stereocenters. The molecule has 0 saturated carbocycles. The van der Waals surface area contributed by atoms with Crippen LogP contribution in [0, 0.1) is 0 Å². The second kappa shape index (κ2) is 4.79. The molecular formula is C9H8OS3. The van der Waals surface area contributed by atoms with Crippen LogP contribution in [-0.4, -0.2) is 0 Å². The minimum absolute atomic E-state index is 0.926. The van der Waals surface area contributed by atoms with Crippen molar-refractivity contribution in [3.63, 3.8) is 0 Å². The summed E-state index contributed by atoms with van der Waals surface area (Å²) < 4.78 is 6.57. The number of rotatable bonds is 4. The van der Waals surface area contributed by atoms with Crippen LogP contribution in [0.15, 0.2) is 44.5 Å². The molecule has 68 valence electrons. The van der Waals surface area contributed by atoms with Crippen LogP contribution in [0.25, 0.3) is 0 Å². The van der Waals surface area contributed by atoms with Gasteiger partial charge < -0.3 is 4.42 Å². The van der Waals surface area contributed by atoms with Gasteiger partial charge in [0.1, 0.15) is 5.76 Å². The van der Waals surface area contributed by atoms with Gasteiger partial charge >= 0.3 is 0 Å². The molecule has 0 radical (unpaired) electrons. The summed E-state index contributed by atoms with van der Waals surface area (Å²) in [5, 5.41) is 2.09. The number of furan rings is 1. The van der Waals surface area contributed by atoms with Crippen LogP contribution in [0.4, 0.5) is 0 Å². The molecule has 0 saturated heterocycles. The fourth-order valence-corrected chi connectivity index (χ4v) is 4.04. The van der Waals surface area contributed by atoms with Crippen LogP contribution < -0.4 is 0 Å². The molecule has 1 nitrogen and oxygen atoms in total. The average molecular weight is 228 g/mol. The summed E-state index contributed by atoms with van der Waals surface area (Å²) in [6.07, 6.45) is 1.71. The summed E-state index contributed by atoms with van der Waals surface area (Å²) in [6, 6.07) is 8.12. The van der Waals surface area contributed by atoms with Crippen molar-refractivity contribution in [2.24, 2.45) is 0 Å². The van der Waals surface area contributed by atoms with E-state index < -0.39 is 0 Å². The van der Waals surface area contributed by atoms with Crippen LogP contribution in [-0.2, 0) is 5.75 Å². The van der Waals surface area contributed by atoms with Gasteiger partial charge in [-0.1, -0.05) is 16.9 Å². The van der Waals surface area contributed by atoms with Crippen molar-refractivity contribution in [2.45, 2.75) is 9.96 Å². The monoisotopic (exact) mass is 228 g/mol. The Morgan fingerprint density at radius 1 is 1.31 bits per heavy atom. The molecule has 13 heavy (non-hydrogen) atoms. The second-order valence-corrected chi connectivity index (χ2v) is 5.90. The predicted molar refractivity (Wildman–Crippen MR) is 60.2 cm³/mol. The Morgan fingerprint density at radius 2 is 2.31 bits per heavy atom. The predicted octanol–water partition coefficient (Wildman–Crippen LogP) is 4.28. The summed E-state index contributed by atoms with van der Waals surface area (Å²) in [6.45, 7) is 0. The van der Waals surface area contributed by atoms with Gasteiger partial charge in [-0.15, -0.1) is 11.3 Å². The highest BCUT2D eigenvalue weighted by molar-refractivity contribution is 8.76. The first kappa shape index (κ1) is 9.24. The van der Waals surface area contributed by atoms with E-state index in [4.69, 9.17) is 4.42 Å². The van der Waals surface area contributed by atoms with E-state index in [1.54, 1.807) is 39.2 Å². The van der Waals surface area contributed by atoms with Gasteiger partial charge in [-0.3, -0.25) is 0 Å². The molecule has 4 heteroatoms. The van der Waals surface area contributed by atoms with Gasteiger partial charge in [0.2, 0.25) is 0 Å². The zero-order valence-corrected chi connectivity index (χ0v) is 9.25. The summed E-state index contributed by atoms with van der Waals surface area (Å²) >= 11 is 1.77.